The summed E-state index contributed by atoms with van der Waals surface area (Å²) in [6.45, 7) is 7.59. The molecule has 3 rings (SSSR count). The molecule has 0 saturated carbocycles. The summed E-state index contributed by atoms with van der Waals surface area (Å²) in [5, 5.41) is 21.8. The summed E-state index contributed by atoms with van der Waals surface area (Å²) < 4.78 is 5.47. The number of hydrogen-bond donors (Lipinski definition) is 2. The third-order valence-electron chi connectivity index (χ3n) is 4.95. The number of nitrogens with one attached hydrogen (secondary N) is 1. The van der Waals surface area contributed by atoms with Crippen LogP contribution in [-0.4, -0.2) is 46.4 Å². The summed E-state index contributed by atoms with van der Waals surface area (Å²) in [5.74, 6) is 1.91. The lowest BCUT2D eigenvalue weighted by Gasteiger charge is -2.33. The minimum atomic E-state index is -0.406. The van der Waals surface area contributed by atoms with E-state index in [0.717, 1.165) is 38.0 Å². The van der Waals surface area contributed by atoms with Gasteiger partial charge in [-0.3, -0.25) is 0 Å². The lowest BCUT2D eigenvalue weighted by Crippen LogP contribution is -2.39. The summed E-state index contributed by atoms with van der Waals surface area (Å²) >= 11 is 0. The van der Waals surface area contributed by atoms with E-state index >= 15 is 0 Å². The Kier molecular flexibility index (Phi) is 6.18. The fraction of sp³-hybridized carbons (Fsp3) is 0.579. The van der Waals surface area contributed by atoms with Crippen LogP contribution in [0.25, 0.3) is 0 Å². The average Bonchev–Trinajstić information content (AvgIpc) is 3.08. The van der Waals surface area contributed by atoms with Gasteiger partial charge in [-0.05, 0) is 50.9 Å². The Hall–Kier alpha value is -1.76. The fourth-order valence-corrected chi connectivity index (χ4v) is 3.32. The van der Waals surface area contributed by atoms with Crippen LogP contribution in [0.3, 0.4) is 0 Å². The Labute approximate surface area is 149 Å². The van der Waals surface area contributed by atoms with Crippen molar-refractivity contribution in [2.24, 2.45) is 5.92 Å². The number of aliphatic hydroxyl groups excluding tert-OH is 1. The lowest BCUT2D eigenvalue weighted by atomic mass is 9.96. The van der Waals surface area contributed by atoms with Crippen molar-refractivity contribution in [3.05, 3.63) is 47.7 Å². The van der Waals surface area contributed by atoms with Crippen LogP contribution >= 0.6 is 0 Å². The highest BCUT2D eigenvalue weighted by Crippen LogP contribution is 2.21. The van der Waals surface area contributed by atoms with Crippen LogP contribution in [0.2, 0.25) is 0 Å². The van der Waals surface area contributed by atoms with Gasteiger partial charge >= 0.3 is 0 Å². The number of benzene rings is 1. The molecule has 0 amide bonds. The number of rotatable bonds is 7. The van der Waals surface area contributed by atoms with Crippen LogP contribution in [0.1, 0.15) is 49.3 Å². The average molecular weight is 344 g/mol. The summed E-state index contributed by atoms with van der Waals surface area (Å²) in [6.07, 6.45) is 1.88. The predicted octanol–water partition coefficient (Wildman–Crippen LogP) is 2.47. The molecule has 0 unspecified atom stereocenters. The molecule has 0 aliphatic carbocycles. The van der Waals surface area contributed by atoms with Gasteiger partial charge in [0.05, 0.1) is 12.1 Å². The molecule has 0 spiro atoms. The molecule has 1 aromatic carbocycles. The van der Waals surface area contributed by atoms with Gasteiger partial charge in [-0.15, -0.1) is 10.2 Å². The van der Waals surface area contributed by atoms with Crippen LogP contribution in [0.4, 0.5) is 0 Å². The molecule has 1 aliphatic heterocycles. The number of aliphatic hydroxyl groups is 1. The zero-order valence-corrected chi connectivity index (χ0v) is 15.1. The minimum absolute atomic E-state index is 0.0825. The highest BCUT2D eigenvalue weighted by atomic mass is 16.4. The van der Waals surface area contributed by atoms with Crippen molar-refractivity contribution in [1.82, 2.24) is 20.4 Å². The first-order valence-corrected chi connectivity index (χ1v) is 9.10. The van der Waals surface area contributed by atoms with Crippen LogP contribution in [0.15, 0.2) is 34.7 Å². The van der Waals surface area contributed by atoms with Crippen LogP contribution in [0, 0.1) is 12.8 Å². The second kappa shape index (κ2) is 8.56. The first-order chi connectivity index (χ1) is 12.1. The van der Waals surface area contributed by atoms with Gasteiger partial charge < -0.3 is 19.7 Å². The zero-order chi connectivity index (χ0) is 17.6. The number of aryl methyl sites for hydroxylation is 1. The Balaban J connectivity index is 1.38. The van der Waals surface area contributed by atoms with Gasteiger partial charge in [0.1, 0.15) is 0 Å². The van der Waals surface area contributed by atoms with Crippen LogP contribution in [0.5, 0.6) is 0 Å². The van der Waals surface area contributed by atoms with E-state index in [0.29, 0.717) is 24.2 Å². The van der Waals surface area contributed by atoms with Gasteiger partial charge in [-0.2, -0.15) is 0 Å². The number of aromatic nitrogens is 2. The van der Waals surface area contributed by atoms with E-state index in [9.17, 15) is 5.11 Å². The van der Waals surface area contributed by atoms with Crippen LogP contribution < -0.4 is 5.32 Å². The Bertz CT molecular complexity index is 638. The van der Waals surface area contributed by atoms with E-state index in [1.54, 1.807) is 0 Å². The summed E-state index contributed by atoms with van der Waals surface area (Å²) in [4.78, 5) is 2.36. The first kappa shape index (κ1) is 18.0. The quantitative estimate of drug-likeness (QED) is 0.804. The second-order valence-corrected chi connectivity index (χ2v) is 6.96. The normalized spacial score (nSPS) is 19.0. The summed E-state index contributed by atoms with van der Waals surface area (Å²) in [5.41, 5.74) is 0.995. The van der Waals surface area contributed by atoms with Crippen molar-refractivity contribution >= 4 is 0 Å². The minimum Gasteiger partial charge on any atom is -0.424 e. The molecule has 2 aromatic rings. The van der Waals surface area contributed by atoms with Gasteiger partial charge in [-0.1, -0.05) is 30.3 Å². The SMILES string of the molecule is Cc1nnc([C@@H](C)NCC2CCN(C[C@@H](O)c3ccccc3)CC2)o1. The van der Waals surface area contributed by atoms with Crippen molar-refractivity contribution in [3.8, 4) is 0 Å². The maximum atomic E-state index is 10.4. The first-order valence-electron chi connectivity index (χ1n) is 9.10. The predicted molar refractivity (Wildman–Crippen MR) is 96.0 cm³/mol. The molecule has 1 aromatic heterocycles. The van der Waals surface area contributed by atoms with Gasteiger partial charge in [0.25, 0.3) is 0 Å². The van der Waals surface area contributed by atoms with Crippen molar-refractivity contribution < 1.29 is 9.52 Å². The number of nitrogens with zero attached hydrogens (tertiary/aromatic N) is 3. The largest absolute Gasteiger partial charge is 0.424 e. The van der Waals surface area contributed by atoms with Crippen molar-refractivity contribution in [3.63, 3.8) is 0 Å². The molecule has 6 nitrogen and oxygen atoms in total. The van der Waals surface area contributed by atoms with E-state index < -0.39 is 6.10 Å². The van der Waals surface area contributed by atoms with E-state index in [1.165, 1.54) is 0 Å². The van der Waals surface area contributed by atoms with E-state index in [2.05, 4.69) is 27.3 Å². The third-order valence-corrected chi connectivity index (χ3v) is 4.95. The number of hydrogen-bond acceptors (Lipinski definition) is 6. The molecule has 0 radical (unpaired) electrons. The fourth-order valence-electron chi connectivity index (χ4n) is 3.32. The molecule has 2 atom stereocenters. The highest BCUT2D eigenvalue weighted by molar-refractivity contribution is 5.17. The molecule has 1 saturated heterocycles. The molecular formula is C19H28N4O2. The number of likely N-dealkylation sites (tertiary alicyclic amines) is 1. The molecule has 6 heteroatoms. The maximum Gasteiger partial charge on any atom is 0.233 e. The molecule has 2 heterocycles. The van der Waals surface area contributed by atoms with Gasteiger partial charge in [0.15, 0.2) is 0 Å². The van der Waals surface area contributed by atoms with Crippen molar-refractivity contribution in [1.29, 1.82) is 0 Å². The smallest absolute Gasteiger partial charge is 0.233 e. The second-order valence-electron chi connectivity index (χ2n) is 6.96. The molecule has 2 N–H and O–H groups in total. The van der Waals surface area contributed by atoms with Crippen molar-refractivity contribution in [2.45, 2.75) is 38.8 Å². The Morgan fingerprint density at radius 2 is 1.96 bits per heavy atom. The topological polar surface area (TPSA) is 74.4 Å². The third kappa shape index (κ3) is 5.11. The van der Waals surface area contributed by atoms with Gasteiger partial charge in [0.2, 0.25) is 11.8 Å². The molecule has 136 valence electrons. The molecule has 1 fully saturated rings. The van der Waals surface area contributed by atoms with E-state index in [-0.39, 0.29) is 6.04 Å². The standard InChI is InChI=1S/C19H28N4O2/c1-14(19-22-21-15(2)25-19)20-12-16-8-10-23(11-9-16)13-18(24)17-6-4-3-5-7-17/h3-7,14,16,18,20,24H,8-13H2,1-2H3/t14-,18-/m1/s1. The molecule has 0 bridgehead atoms. The zero-order valence-electron chi connectivity index (χ0n) is 15.1. The molecular weight excluding hydrogens is 316 g/mol. The maximum absolute atomic E-state index is 10.4. The lowest BCUT2D eigenvalue weighted by molar-refractivity contribution is 0.0886. The number of β-amino-alcohol motifs (C(OH)–C–C–N with tert-alkyl or cyclic N) is 1. The van der Waals surface area contributed by atoms with Gasteiger partial charge in [0, 0.05) is 13.5 Å². The molecule has 1 aliphatic rings. The molecule has 25 heavy (non-hydrogen) atoms. The van der Waals surface area contributed by atoms with Gasteiger partial charge in [-0.25, -0.2) is 0 Å². The summed E-state index contributed by atoms with van der Waals surface area (Å²) in [7, 11) is 0. The van der Waals surface area contributed by atoms with Crippen molar-refractivity contribution in [2.75, 3.05) is 26.2 Å². The number of piperidine rings is 1. The van der Waals surface area contributed by atoms with E-state index in [1.807, 2.05) is 37.3 Å². The summed E-state index contributed by atoms with van der Waals surface area (Å²) in [6, 6.07) is 9.99. The monoisotopic (exact) mass is 344 g/mol. The van der Waals surface area contributed by atoms with E-state index in [4.69, 9.17) is 4.42 Å². The Morgan fingerprint density at radius 3 is 2.60 bits per heavy atom. The highest BCUT2D eigenvalue weighted by Gasteiger charge is 2.22. The Morgan fingerprint density at radius 1 is 1.24 bits per heavy atom. The van der Waals surface area contributed by atoms with Crippen LogP contribution in [-0.2, 0) is 0 Å².